The Morgan fingerprint density at radius 1 is 1.13 bits per heavy atom. The molecule has 1 aliphatic rings. The van der Waals surface area contributed by atoms with Gasteiger partial charge in [0.25, 0.3) is 0 Å². The molecule has 0 spiro atoms. The maximum absolute atomic E-state index is 10.9. The Bertz CT molecular complexity index is 431. The van der Waals surface area contributed by atoms with Gasteiger partial charge in [0.1, 0.15) is 6.29 Å². The maximum atomic E-state index is 10.9. The van der Waals surface area contributed by atoms with Crippen LogP contribution >= 0.6 is 8.15 Å². The molecule has 0 bridgehead atoms. The van der Waals surface area contributed by atoms with Crippen molar-refractivity contribution in [3.63, 3.8) is 0 Å². The Kier molecular flexibility index (Phi) is 8.95. The zero-order chi connectivity index (χ0) is 17.5. The number of likely N-dealkylation sites (tertiary alicyclic amines) is 1. The minimum Gasteiger partial charge on any atom is -0.748 e. The molecule has 1 aliphatic heterocycles. The van der Waals surface area contributed by atoms with Crippen molar-refractivity contribution >= 4 is 18.3 Å². The lowest BCUT2D eigenvalue weighted by atomic mass is 9.92. The van der Waals surface area contributed by atoms with Gasteiger partial charge in [0, 0.05) is 30.6 Å². The van der Waals surface area contributed by atoms with Crippen LogP contribution in [0.25, 0.3) is 0 Å². The molecule has 0 aliphatic carbocycles. The fourth-order valence-electron chi connectivity index (χ4n) is 3.99. The van der Waals surface area contributed by atoms with Gasteiger partial charge in [-0.25, -0.2) is 8.42 Å². The highest BCUT2D eigenvalue weighted by atomic mass is 32.2. The van der Waals surface area contributed by atoms with E-state index in [-0.39, 0.29) is 5.75 Å². The van der Waals surface area contributed by atoms with Crippen molar-refractivity contribution in [3.8, 4) is 0 Å². The minimum absolute atomic E-state index is 0.237. The average molecular weight is 367 g/mol. The molecule has 0 saturated carbocycles. The lowest BCUT2D eigenvalue weighted by Gasteiger charge is -2.37. The van der Waals surface area contributed by atoms with Gasteiger partial charge in [0.2, 0.25) is 0 Å². The maximum Gasteiger partial charge on any atom is 0.122 e. The third-order valence-corrected chi connectivity index (χ3v) is 8.14. The normalized spacial score (nSPS) is 29.8. The van der Waals surface area contributed by atoms with E-state index in [9.17, 15) is 13.0 Å². The van der Waals surface area contributed by atoms with Crippen molar-refractivity contribution in [2.45, 2.75) is 47.0 Å². The zero-order valence-corrected chi connectivity index (χ0v) is 16.9. The molecule has 7 heteroatoms. The molecular formula is C16H34NO4PS. The minimum atomic E-state index is -4.11. The largest absolute Gasteiger partial charge is 0.748 e. The quantitative estimate of drug-likeness (QED) is 0.319. The second kappa shape index (κ2) is 9.67. The van der Waals surface area contributed by atoms with E-state index >= 15 is 0 Å². The summed E-state index contributed by atoms with van der Waals surface area (Å²) in [7, 11) is -4.58. The second-order valence-electron chi connectivity index (χ2n) is 6.74. The van der Waals surface area contributed by atoms with Crippen molar-refractivity contribution in [3.05, 3.63) is 0 Å². The Labute approximate surface area is 144 Å². The Morgan fingerprint density at radius 2 is 1.70 bits per heavy atom. The van der Waals surface area contributed by atoms with Crippen LogP contribution in [0.3, 0.4) is 0 Å². The van der Waals surface area contributed by atoms with Crippen molar-refractivity contribution in [1.29, 1.82) is 0 Å². The molecule has 1 heterocycles. The summed E-state index contributed by atoms with van der Waals surface area (Å²) in [5.74, 6) is 1.18. The third kappa shape index (κ3) is 6.95. The van der Waals surface area contributed by atoms with E-state index in [1.165, 1.54) is 12.8 Å². The smallest absolute Gasteiger partial charge is 0.122 e. The highest BCUT2D eigenvalue weighted by Gasteiger charge is 2.44. The van der Waals surface area contributed by atoms with Gasteiger partial charge in [-0.3, -0.25) is 0 Å². The first-order valence-electron chi connectivity index (χ1n) is 8.95. The van der Waals surface area contributed by atoms with E-state index in [1.54, 1.807) is 0 Å². The van der Waals surface area contributed by atoms with Crippen molar-refractivity contribution in [2.75, 3.05) is 44.4 Å². The van der Waals surface area contributed by atoms with Crippen LogP contribution in [0, 0.1) is 11.8 Å². The van der Waals surface area contributed by atoms with E-state index < -0.39 is 18.3 Å². The van der Waals surface area contributed by atoms with Crippen LogP contribution < -0.4 is 0 Å². The van der Waals surface area contributed by atoms with Gasteiger partial charge in [0.15, 0.2) is 0 Å². The van der Waals surface area contributed by atoms with Crippen molar-refractivity contribution < 1.29 is 22.0 Å². The van der Waals surface area contributed by atoms with E-state index in [0.717, 1.165) is 43.2 Å². The van der Waals surface area contributed by atoms with Gasteiger partial charge in [-0.15, -0.1) is 0 Å². The summed E-state index contributed by atoms with van der Waals surface area (Å²) >= 11 is 0. The molecule has 0 aromatic carbocycles. The molecule has 0 aromatic heterocycles. The molecule has 0 N–H and O–H groups in total. The highest BCUT2D eigenvalue weighted by Crippen LogP contribution is 2.44. The van der Waals surface area contributed by atoms with Crippen molar-refractivity contribution in [2.24, 2.45) is 11.8 Å². The summed E-state index contributed by atoms with van der Waals surface area (Å²) in [4.78, 5) is 0. The fraction of sp³-hybridized carbons (Fsp3) is 1.00. The number of quaternary nitrogens is 1. The first-order chi connectivity index (χ1) is 10.8. The van der Waals surface area contributed by atoms with Gasteiger partial charge >= 0.3 is 0 Å². The summed E-state index contributed by atoms with van der Waals surface area (Å²) in [6.07, 6.45) is 4.87. The summed E-state index contributed by atoms with van der Waals surface area (Å²) in [5, 5.41) is 0. The Hall–Kier alpha value is 0.260. The summed E-state index contributed by atoms with van der Waals surface area (Å²) in [6, 6.07) is 0. The average Bonchev–Trinajstić information content (AvgIpc) is 2.83. The van der Waals surface area contributed by atoms with Crippen LogP contribution in [0.1, 0.15) is 47.0 Å². The topological polar surface area (TPSA) is 66.4 Å². The van der Waals surface area contributed by atoms with Crippen LogP contribution in [0.15, 0.2) is 0 Å². The Morgan fingerprint density at radius 3 is 2.09 bits per heavy atom. The molecule has 0 amide bonds. The van der Waals surface area contributed by atoms with Gasteiger partial charge in [-0.05, 0) is 25.9 Å². The predicted molar refractivity (Wildman–Crippen MR) is 95.6 cm³/mol. The SMILES string of the molecule is CCOP(CC)C[N+]1(CCCS(=O)(=O)[O-])CC(CC)C(CC)C1. The monoisotopic (exact) mass is 367 g/mol. The molecule has 5 nitrogen and oxygen atoms in total. The number of hydrogen-bond donors (Lipinski definition) is 0. The molecule has 0 radical (unpaired) electrons. The molecule has 3 atom stereocenters. The van der Waals surface area contributed by atoms with E-state index in [4.69, 9.17) is 4.52 Å². The number of nitrogens with zero attached hydrogens (tertiary/aromatic N) is 1. The predicted octanol–water partition coefficient (Wildman–Crippen LogP) is 3.22. The molecular weight excluding hydrogens is 333 g/mol. The molecule has 1 saturated heterocycles. The van der Waals surface area contributed by atoms with Crippen LogP contribution in [0.5, 0.6) is 0 Å². The van der Waals surface area contributed by atoms with Crippen molar-refractivity contribution in [1.82, 2.24) is 0 Å². The standard InChI is InChI=1S/C16H34NO4PS/c1-5-15-12-17(13-16(15)6-2,10-9-11-23(18,19)20)14-22(8-4)21-7-3/h15-16H,5-14H2,1-4H3. The molecule has 1 fully saturated rings. The number of hydrogen-bond acceptors (Lipinski definition) is 4. The molecule has 0 aromatic rings. The van der Waals surface area contributed by atoms with Gasteiger partial charge in [-0.2, -0.15) is 0 Å². The van der Waals surface area contributed by atoms with Gasteiger partial charge in [-0.1, -0.05) is 20.8 Å². The van der Waals surface area contributed by atoms with Crippen LogP contribution in [0.2, 0.25) is 0 Å². The van der Waals surface area contributed by atoms with E-state index in [1.807, 2.05) is 6.92 Å². The summed E-state index contributed by atoms with van der Waals surface area (Å²) < 4.78 is 39.7. The van der Waals surface area contributed by atoms with Crippen LogP contribution in [-0.2, 0) is 14.6 Å². The molecule has 1 rings (SSSR count). The molecule has 23 heavy (non-hydrogen) atoms. The number of rotatable bonds is 11. The van der Waals surface area contributed by atoms with Crippen LogP contribution in [-0.4, -0.2) is 61.9 Å². The van der Waals surface area contributed by atoms with Gasteiger partial charge in [0.05, 0.1) is 37.9 Å². The molecule has 3 unspecified atom stereocenters. The highest BCUT2D eigenvalue weighted by molar-refractivity contribution is 7.85. The lowest BCUT2D eigenvalue weighted by Crippen LogP contribution is -2.48. The second-order valence-corrected chi connectivity index (χ2v) is 10.4. The van der Waals surface area contributed by atoms with E-state index in [2.05, 4.69) is 20.8 Å². The lowest BCUT2D eigenvalue weighted by molar-refractivity contribution is -0.908. The Balaban J connectivity index is 2.83. The van der Waals surface area contributed by atoms with Crippen LogP contribution in [0.4, 0.5) is 0 Å². The van der Waals surface area contributed by atoms with Gasteiger partial charge < -0.3 is 13.6 Å². The third-order valence-electron chi connectivity index (χ3n) is 5.11. The zero-order valence-electron chi connectivity index (χ0n) is 15.2. The summed E-state index contributed by atoms with van der Waals surface area (Å²) in [5.41, 5.74) is 0. The fourth-order valence-corrected chi connectivity index (χ4v) is 6.34. The molecule has 138 valence electrons. The first-order valence-corrected chi connectivity index (χ1v) is 12.2. The van der Waals surface area contributed by atoms with E-state index in [0.29, 0.717) is 18.3 Å². The summed E-state index contributed by atoms with van der Waals surface area (Å²) in [6.45, 7) is 12.5. The first kappa shape index (κ1) is 21.3.